The van der Waals surface area contributed by atoms with E-state index in [1.54, 1.807) is 25.1 Å². The van der Waals surface area contributed by atoms with Gasteiger partial charge in [0.2, 0.25) is 5.91 Å². The molecule has 0 atom stereocenters. The van der Waals surface area contributed by atoms with Gasteiger partial charge in [-0.2, -0.15) is 0 Å². The summed E-state index contributed by atoms with van der Waals surface area (Å²) in [6.07, 6.45) is 3.05. The predicted octanol–water partition coefficient (Wildman–Crippen LogP) is 4.27. The number of benzene rings is 1. The van der Waals surface area contributed by atoms with Crippen LogP contribution in [0.5, 0.6) is 0 Å². The van der Waals surface area contributed by atoms with E-state index >= 15 is 0 Å². The van der Waals surface area contributed by atoms with Crippen LogP contribution < -0.4 is 5.32 Å². The zero-order chi connectivity index (χ0) is 11.4. The molecule has 0 aromatic heterocycles. The van der Waals surface area contributed by atoms with Crippen molar-refractivity contribution in [1.29, 1.82) is 0 Å². The first-order valence-electron chi connectivity index (χ1n) is 4.13. The summed E-state index contributed by atoms with van der Waals surface area (Å²) in [5, 5.41) is 3.32. The smallest absolute Gasteiger partial charge is 0.248 e. The van der Waals surface area contributed by atoms with Crippen LogP contribution in [0.3, 0.4) is 0 Å². The lowest BCUT2D eigenvalue weighted by molar-refractivity contribution is -0.111. The molecule has 0 heterocycles. The fraction of sp³-hybridized carbons (Fsp3) is 0.100. The van der Waals surface area contributed by atoms with Gasteiger partial charge in [-0.05, 0) is 41.1 Å². The van der Waals surface area contributed by atoms with Gasteiger partial charge in [0.1, 0.15) is 0 Å². The van der Waals surface area contributed by atoms with E-state index in [1.807, 2.05) is 0 Å². The van der Waals surface area contributed by atoms with Crippen LogP contribution in [0.25, 0.3) is 0 Å². The summed E-state index contributed by atoms with van der Waals surface area (Å²) in [6.45, 7) is 1.76. The van der Waals surface area contributed by atoms with Gasteiger partial charge < -0.3 is 5.32 Å². The topological polar surface area (TPSA) is 29.1 Å². The zero-order valence-corrected chi connectivity index (χ0v) is 10.9. The highest BCUT2D eigenvalue weighted by Crippen LogP contribution is 2.35. The molecule has 1 aromatic carbocycles. The first-order valence-corrected chi connectivity index (χ1v) is 5.68. The number of anilines is 1. The van der Waals surface area contributed by atoms with Crippen molar-refractivity contribution in [2.75, 3.05) is 5.32 Å². The number of amides is 1. The van der Waals surface area contributed by atoms with E-state index in [0.29, 0.717) is 20.2 Å². The maximum Gasteiger partial charge on any atom is 0.248 e. The minimum absolute atomic E-state index is 0.238. The quantitative estimate of drug-likeness (QED) is 0.641. The maximum absolute atomic E-state index is 11.2. The molecule has 0 aliphatic carbocycles. The highest BCUT2D eigenvalue weighted by Gasteiger charge is 2.09. The molecule has 0 unspecified atom stereocenters. The minimum atomic E-state index is -0.238. The Kier molecular flexibility index (Phi) is 4.64. The molecule has 0 spiro atoms. The first kappa shape index (κ1) is 12.6. The fourth-order valence-corrected chi connectivity index (χ4v) is 1.77. The highest BCUT2D eigenvalue weighted by molar-refractivity contribution is 9.10. The molecule has 2 nitrogen and oxygen atoms in total. The van der Waals surface area contributed by atoms with Crippen LogP contribution >= 0.6 is 39.1 Å². The van der Waals surface area contributed by atoms with Gasteiger partial charge in [-0.15, -0.1) is 0 Å². The van der Waals surface area contributed by atoms with E-state index < -0.39 is 0 Å². The first-order chi connectivity index (χ1) is 7.06. The molecule has 0 radical (unpaired) electrons. The summed E-state index contributed by atoms with van der Waals surface area (Å²) in [4.78, 5) is 11.2. The number of rotatable bonds is 2. The molecular weight excluding hydrogens is 301 g/mol. The normalized spacial score (nSPS) is 10.7. The summed E-state index contributed by atoms with van der Waals surface area (Å²) < 4.78 is 0.693. The molecule has 1 rings (SSSR count). The number of allylic oxidation sites excluding steroid dienone is 1. The number of halogens is 3. The zero-order valence-electron chi connectivity index (χ0n) is 7.85. The number of hydrogen-bond donors (Lipinski definition) is 1. The van der Waals surface area contributed by atoms with Gasteiger partial charge in [0.25, 0.3) is 0 Å². The summed E-state index contributed by atoms with van der Waals surface area (Å²) >= 11 is 15.1. The molecular formula is C10H8BrCl2NO. The molecule has 15 heavy (non-hydrogen) atoms. The van der Waals surface area contributed by atoms with Crippen molar-refractivity contribution in [3.63, 3.8) is 0 Å². The molecule has 1 aromatic rings. The van der Waals surface area contributed by atoms with E-state index in [-0.39, 0.29) is 5.91 Å². The average Bonchev–Trinajstić information content (AvgIpc) is 2.20. The largest absolute Gasteiger partial charge is 0.321 e. The van der Waals surface area contributed by atoms with Crippen molar-refractivity contribution in [3.8, 4) is 0 Å². The summed E-state index contributed by atoms with van der Waals surface area (Å²) in [6, 6.07) is 3.40. The minimum Gasteiger partial charge on any atom is -0.321 e. The standard InChI is InChI=1S/C10H8BrCl2NO/c1-2-3-8(15)14-7-5-4-6(11)9(12)10(7)13/h2-5H,1H3,(H,14,15)/b3-2+. The van der Waals surface area contributed by atoms with Gasteiger partial charge in [0.15, 0.2) is 0 Å². The van der Waals surface area contributed by atoms with Crippen molar-refractivity contribution >= 4 is 50.7 Å². The van der Waals surface area contributed by atoms with Crippen LogP contribution in [-0.2, 0) is 4.79 Å². The Balaban J connectivity index is 2.97. The third-order valence-corrected chi connectivity index (χ3v) is 3.38. The lowest BCUT2D eigenvalue weighted by Gasteiger charge is -2.07. The molecule has 0 aliphatic heterocycles. The van der Waals surface area contributed by atoms with Gasteiger partial charge in [-0.25, -0.2) is 0 Å². The Labute approximate surface area is 106 Å². The fourth-order valence-electron chi connectivity index (χ4n) is 0.948. The molecule has 5 heteroatoms. The molecule has 0 saturated heterocycles. The van der Waals surface area contributed by atoms with Crippen LogP contribution in [0.4, 0.5) is 5.69 Å². The SMILES string of the molecule is C/C=C/C(=O)Nc1ccc(Br)c(Cl)c1Cl. The van der Waals surface area contributed by atoms with E-state index in [4.69, 9.17) is 23.2 Å². The Bertz CT molecular complexity index is 418. The van der Waals surface area contributed by atoms with Crippen molar-refractivity contribution in [2.45, 2.75) is 6.92 Å². The highest BCUT2D eigenvalue weighted by atomic mass is 79.9. The summed E-state index contributed by atoms with van der Waals surface area (Å²) in [7, 11) is 0. The van der Waals surface area contributed by atoms with Crippen LogP contribution in [0.2, 0.25) is 10.0 Å². The van der Waals surface area contributed by atoms with E-state index in [2.05, 4.69) is 21.2 Å². The van der Waals surface area contributed by atoms with Crippen LogP contribution in [0, 0.1) is 0 Å². The summed E-state index contributed by atoms with van der Waals surface area (Å²) in [5.74, 6) is -0.238. The van der Waals surface area contributed by atoms with Gasteiger partial charge >= 0.3 is 0 Å². The number of carbonyl (C=O) groups is 1. The van der Waals surface area contributed by atoms with Gasteiger partial charge in [-0.3, -0.25) is 4.79 Å². The number of nitrogens with one attached hydrogen (secondary N) is 1. The van der Waals surface area contributed by atoms with Crippen molar-refractivity contribution in [3.05, 3.63) is 38.8 Å². The lowest BCUT2D eigenvalue weighted by atomic mass is 10.3. The molecule has 0 fully saturated rings. The van der Waals surface area contributed by atoms with E-state index in [9.17, 15) is 4.79 Å². The number of hydrogen-bond acceptors (Lipinski definition) is 1. The maximum atomic E-state index is 11.2. The third kappa shape index (κ3) is 3.23. The second kappa shape index (κ2) is 5.54. The van der Waals surface area contributed by atoms with Gasteiger partial charge in [0, 0.05) is 4.47 Å². The van der Waals surface area contributed by atoms with Crippen LogP contribution in [0.15, 0.2) is 28.8 Å². The van der Waals surface area contributed by atoms with Crippen molar-refractivity contribution in [2.24, 2.45) is 0 Å². The van der Waals surface area contributed by atoms with Crippen LogP contribution in [0.1, 0.15) is 6.92 Å². The molecule has 0 saturated carbocycles. The molecule has 1 N–H and O–H groups in total. The van der Waals surface area contributed by atoms with Crippen molar-refractivity contribution < 1.29 is 4.79 Å². The molecule has 1 amide bonds. The van der Waals surface area contributed by atoms with Gasteiger partial charge in [0.05, 0.1) is 15.7 Å². The summed E-state index contributed by atoms with van der Waals surface area (Å²) in [5.41, 5.74) is 0.493. The lowest BCUT2D eigenvalue weighted by Crippen LogP contribution is -2.08. The molecule has 0 bridgehead atoms. The van der Waals surface area contributed by atoms with E-state index in [1.165, 1.54) is 6.08 Å². The van der Waals surface area contributed by atoms with Gasteiger partial charge in [-0.1, -0.05) is 29.3 Å². The monoisotopic (exact) mass is 307 g/mol. The van der Waals surface area contributed by atoms with Crippen molar-refractivity contribution in [1.82, 2.24) is 0 Å². The van der Waals surface area contributed by atoms with Crippen LogP contribution in [-0.4, -0.2) is 5.91 Å². The molecule has 0 aliphatic rings. The Morgan fingerprint density at radius 1 is 1.40 bits per heavy atom. The molecule has 80 valence electrons. The predicted molar refractivity (Wildman–Crippen MR) is 67.6 cm³/mol. The Morgan fingerprint density at radius 3 is 2.67 bits per heavy atom. The Morgan fingerprint density at radius 2 is 2.07 bits per heavy atom. The third-order valence-electron chi connectivity index (χ3n) is 1.61. The second-order valence-electron chi connectivity index (χ2n) is 2.71. The van der Waals surface area contributed by atoms with E-state index in [0.717, 1.165) is 0 Å². The Hall–Kier alpha value is -0.510. The second-order valence-corrected chi connectivity index (χ2v) is 4.32. The average molecular weight is 309 g/mol. The number of carbonyl (C=O) groups excluding carboxylic acids is 1.